The average molecular weight is 398 g/mol. The van der Waals surface area contributed by atoms with Crippen molar-refractivity contribution in [2.45, 2.75) is 25.0 Å². The molecule has 3 aromatic rings. The third kappa shape index (κ3) is 6.23. The van der Waals surface area contributed by atoms with Crippen LogP contribution in [0.3, 0.4) is 0 Å². The number of thioether (sulfide) groups is 1. The van der Waals surface area contributed by atoms with Crippen LogP contribution in [0.4, 0.5) is 5.95 Å². The number of nitrogens with one attached hydrogen (secondary N) is 3. The van der Waals surface area contributed by atoms with Crippen LogP contribution in [-0.4, -0.2) is 49.4 Å². The molecule has 146 valence electrons. The van der Waals surface area contributed by atoms with Crippen molar-refractivity contribution in [1.82, 2.24) is 30.3 Å². The molecule has 0 saturated heterocycles. The molecule has 0 aliphatic rings. The number of nitrogens with zero attached hydrogens (tertiary/aromatic N) is 5. The first-order valence-corrected chi connectivity index (χ1v) is 9.89. The Morgan fingerprint density at radius 1 is 1.36 bits per heavy atom. The Labute approximate surface area is 167 Å². The first kappa shape index (κ1) is 19.6. The van der Waals surface area contributed by atoms with E-state index in [0.29, 0.717) is 17.6 Å². The molecule has 3 N–H and O–H groups in total. The second kappa shape index (κ2) is 10.3. The molecule has 28 heavy (non-hydrogen) atoms. The van der Waals surface area contributed by atoms with Crippen LogP contribution in [0, 0.1) is 0 Å². The van der Waals surface area contributed by atoms with Crippen LogP contribution >= 0.6 is 11.8 Å². The number of hydrogen-bond acceptors (Lipinski definition) is 7. The third-order valence-electron chi connectivity index (χ3n) is 3.74. The minimum Gasteiger partial charge on any atom is -0.355 e. The highest BCUT2D eigenvalue weighted by Crippen LogP contribution is 2.13. The number of carbonyl (C=O) groups excluding carboxylic acids is 1. The molecule has 2 heterocycles. The van der Waals surface area contributed by atoms with Gasteiger partial charge in [0.1, 0.15) is 0 Å². The van der Waals surface area contributed by atoms with Crippen molar-refractivity contribution in [1.29, 1.82) is 0 Å². The van der Waals surface area contributed by atoms with Crippen molar-refractivity contribution in [2.75, 3.05) is 17.7 Å². The molecule has 0 aliphatic heterocycles. The normalized spacial score (nSPS) is 11.0. The number of H-pyrrole nitrogens is 1. The maximum Gasteiger partial charge on any atom is 0.240 e. The van der Waals surface area contributed by atoms with E-state index in [1.165, 1.54) is 17.3 Å². The van der Waals surface area contributed by atoms with Gasteiger partial charge in [-0.1, -0.05) is 42.1 Å². The minimum atomic E-state index is -0.0498. The quantitative estimate of drug-likeness (QED) is 0.273. The highest BCUT2D eigenvalue weighted by molar-refractivity contribution is 7.99. The van der Waals surface area contributed by atoms with Gasteiger partial charge in [0.05, 0.1) is 18.2 Å². The third-order valence-corrected chi connectivity index (χ3v) is 4.58. The number of benzene rings is 1. The monoisotopic (exact) mass is 398 g/mol. The van der Waals surface area contributed by atoms with Crippen LogP contribution in [0.15, 0.2) is 53.0 Å². The van der Waals surface area contributed by atoms with Gasteiger partial charge >= 0.3 is 0 Å². The standard InChI is InChI=1S/C18H22N8OS/c1-2-26-12-15(11-21-26)10-20-23-17-22-18(25-24-17)28-13-16(27)19-9-8-14-6-4-3-5-7-14/h3-7,10-12H,2,8-9,13H2,1H3,(H,19,27)(H2,22,23,24,25)/b20-10-. The molecule has 0 atom stereocenters. The number of hydrazone groups is 1. The first-order chi connectivity index (χ1) is 13.7. The zero-order chi connectivity index (χ0) is 19.6. The second-order valence-electron chi connectivity index (χ2n) is 5.84. The molecule has 10 heteroatoms. The SMILES string of the molecule is CCn1cc(/C=N\Nc2nc(SCC(=O)NCCc3ccccc3)n[nH]2)cn1. The van der Waals surface area contributed by atoms with Gasteiger partial charge in [0.2, 0.25) is 17.0 Å². The second-order valence-corrected chi connectivity index (χ2v) is 6.78. The van der Waals surface area contributed by atoms with Crippen molar-refractivity contribution in [3.8, 4) is 0 Å². The summed E-state index contributed by atoms with van der Waals surface area (Å²) in [7, 11) is 0. The molecule has 9 nitrogen and oxygen atoms in total. The lowest BCUT2D eigenvalue weighted by Crippen LogP contribution is -2.27. The fourth-order valence-corrected chi connectivity index (χ4v) is 2.95. The van der Waals surface area contributed by atoms with Crippen LogP contribution in [-0.2, 0) is 17.8 Å². The van der Waals surface area contributed by atoms with Crippen molar-refractivity contribution in [2.24, 2.45) is 5.10 Å². The fraction of sp³-hybridized carbons (Fsp3) is 0.278. The van der Waals surface area contributed by atoms with Crippen LogP contribution in [0.2, 0.25) is 0 Å². The Bertz CT molecular complexity index is 905. The maximum absolute atomic E-state index is 11.9. The summed E-state index contributed by atoms with van der Waals surface area (Å²) in [6.07, 6.45) is 6.08. The van der Waals surface area contributed by atoms with Gasteiger partial charge in [0.25, 0.3) is 0 Å². The van der Waals surface area contributed by atoms with E-state index >= 15 is 0 Å². The van der Waals surface area contributed by atoms with E-state index < -0.39 is 0 Å². The Morgan fingerprint density at radius 2 is 2.21 bits per heavy atom. The summed E-state index contributed by atoms with van der Waals surface area (Å²) in [6.45, 7) is 3.43. The number of aromatic nitrogens is 5. The molecule has 3 rings (SSSR count). The van der Waals surface area contributed by atoms with Gasteiger partial charge in [-0.3, -0.25) is 9.48 Å². The predicted molar refractivity (Wildman–Crippen MR) is 109 cm³/mol. The molecular formula is C18H22N8OS. The van der Waals surface area contributed by atoms with E-state index in [9.17, 15) is 4.79 Å². The Morgan fingerprint density at radius 3 is 3.00 bits per heavy atom. The largest absolute Gasteiger partial charge is 0.355 e. The van der Waals surface area contributed by atoms with Crippen LogP contribution < -0.4 is 10.7 Å². The van der Waals surface area contributed by atoms with Crippen LogP contribution in [0.5, 0.6) is 0 Å². The van der Waals surface area contributed by atoms with E-state index in [1.54, 1.807) is 12.4 Å². The number of amides is 1. The van der Waals surface area contributed by atoms with Crippen LogP contribution in [0.1, 0.15) is 18.1 Å². The highest BCUT2D eigenvalue weighted by Gasteiger charge is 2.07. The smallest absolute Gasteiger partial charge is 0.240 e. The summed E-state index contributed by atoms with van der Waals surface area (Å²) in [5, 5.41) is 18.4. The lowest BCUT2D eigenvalue weighted by molar-refractivity contribution is -0.118. The van der Waals surface area contributed by atoms with Gasteiger partial charge in [0, 0.05) is 24.8 Å². The topological polar surface area (TPSA) is 113 Å². The summed E-state index contributed by atoms with van der Waals surface area (Å²) >= 11 is 1.26. The number of aromatic amines is 1. The minimum absolute atomic E-state index is 0.0498. The Kier molecular flexibility index (Phi) is 7.19. The number of rotatable bonds is 10. The van der Waals surface area contributed by atoms with Gasteiger partial charge in [-0.15, -0.1) is 5.10 Å². The molecular weight excluding hydrogens is 376 g/mol. The molecule has 0 radical (unpaired) electrons. The highest BCUT2D eigenvalue weighted by atomic mass is 32.2. The first-order valence-electron chi connectivity index (χ1n) is 8.90. The van der Waals surface area contributed by atoms with Gasteiger partial charge < -0.3 is 5.32 Å². The van der Waals surface area contributed by atoms with E-state index in [4.69, 9.17) is 0 Å². The van der Waals surface area contributed by atoms with Crippen molar-refractivity contribution in [3.05, 3.63) is 53.9 Å². The van der Waals surface area contributed by atoms with Crippen molar-refractivity contribution >= 4 is 29.8 Å². The number of hydrogen-bond donors (Lipinski definition) is 3. The molecule has 0 saturated carbocycles. The summed E-state index contributed by atoms with van der Waals surface area (Å²) in [6, 6.07) is 10.0. The van der Waals surface area contributed by atoms with Crippen molar-refractivity contribution < 1.29 is 4.79 Å². The molecule has 0 unspecified atom stereocenters. The summed E-state index contributed by atoms with van der Waals surface area (Å²) in [4.78, 5) is 16.2. The Balaban J connectivity index is 1.36. The lowest BCUT2D eigenvalue weighted by atomic mass is 10.1. The number of aryl methyl sites for hydroxylation is 1. The average Bonchev–Trinajstić information content (AvgIpc) is 3.37. The summed E-state index contributed by atoms with van der Waals surface area (Å²) in [5.74, 6) is 0.614. The molecule has 0 bridgehead atoms. The molecule has 0 spiro atoms. The van der Waals surface area contributed by atoms with E-state index in [-0.39, 0.29) is 11.7 Å². The molecule has 2 aromatic heterocycles. The fourth-order valence-electron chi connectivity index (χ4n) is 2.32. The van der Waals surface area contributed by atoms with E-state index in [1.807, 2.05) is 48.1 Å². The zero-order valence-electron chi connectivity index (χ0n) is 15.5. The van der Waals surface area contributed by atoms with Crippen LogP contribution in [0.25, 0.3) is 0 Å². The van der Waals surface area contributed by atoms with Gasteiger partial charge in [-0.05, 0) is 18.9 Å². The van der Waals surface area contributed by atoms with E-state index in [2.05, 4.69) is 36.1 Å². The maximum atomic E-state index is 11.9. The van der Waals surface area contributed by atoms with Gasteiger partial charge in [-0.25, -0.2) is 10.5 Å². The van der Waals surface area contributed by atoms with Gasteiger partial charge in [0.15, 0.2) is 0 Å². The number of carbonyl (C=O) groups is 1. The van der Waals surface area contributed by atoms with E-state index in [0.717, 1.165) is 18.5 Å². The summed E-state index contributed by atoms with van der Waals surface area (Å²) in [5.41, 5.74) is 4.85. The lowest BCUT2D eigenvalue weighted by Gasteiger charge is -2.04. The van der Waals surface area contributed by atoms with Crippen molar-refractivity contribution in [3.63, 3.8) is 0 Å². The molecule has 1 amide bonds. The summed E-state index contributed by atoms with van der Waals surface area (Å²) < 4.78 is 1.81. The molecule has 0 aliphatic carbocycles. The van der Waals surface area contributed by atoms with Gasteiger partial charge in [-0.2, -0.15) is 15.2 Å². The zero-order valence-corrected chi connectivity index (χ0v) is 16.3. The molecule has 0 fully saturated rings. The number of anilines is 1. The Hall–Kier alpha value is -3.14. The molecule has 1 aromatic carbocycles. The predicted octanol–water partition coefficient (Wildman–Crippen LogP) is 1.92.